The van der Waals surface area contributed by atoms with Crippen molar-refractivity contribution in [2.24, 2.45) is 11.8 Å². The Labute approximate surface area is 862 Å². The normalized spacial score (nSPS) is 13.6. The molecule has 2 aliphatic carbocycles. The summed E-state index contributed by atoms with van der Waals surface area (Å²) in [5.74, 6) is 0.978. The fraction of sp³-hybridized carbons (Fsp3) is 0.516. The number of rotatable bonds is 64. The van der Waals surface area contributed by atoms with Crippen LogP contribution in [0.4, 0.5) is 0 Å². The summed E-state index contributed by atoms with van der Waals surface area (Å²) in [5.41, 5.74) is 12.2. The number of unbranched alkanes of at least 4 members (excludes halogenated alkanes) is 38. The molecule has 0 amide bonds. The SMILES string of the molecule is CCCCCCCCCCCCc1cc(-c2cc(CCCCCCCCCCCC)c(-c3cc4c(-c5ccc(CC(CC)CCCC)s5)c5sc(-c6sc(-c7sc(/C=C8\C(=O)c9ccccc9C8=C(C#N)C#N)cc7CCCCCCCCCCCC)cc6CCCCCCCCCCCC)cc5c(-c5ccc(CC(CC)CCCC)s5)c4s3)s2)sc1/C=C1\C(=O)c2ccccc2C1=C(C#N)C#N. The van der Waals surface area contributed by atoms with Gasteiger partial charge in [0.1, 0.15) is 35.4 Å². The van der Waals surface area contributed by atoms with Gasteiger partial charge in [-0.2, -0.15) is 21.0 Å². The van der Waals surface area contributed by atoms with Gasteiger partial charge in [0, 0.05) is 133 Å². The van der Waals surface area contributed by atoms with E-state index in [2.05, 4.69) is 146 Å². The molecule has 11 aromatic rings. The average Bonchev–Trinajstić information content (AvgIpc) is 1.55. The number of carbonyl (C=O) groups is 2. The lowest BCUT2D eigenvalue weighted by Crippen LogP contribution is -2.01. The number of benzene rings is 3. The molecule has 0 spiro atoms. The first-order valence-electron chi connectivity index (χ1n) is 54.4. The molecule has 0 aliphatic heterocycles. The van der Waals surface area contributed by atoms with Gasteiger partial charge < -0.3 is 0 Å². The number of Topliss-reactive ketones (excluding diaryl/α,β-unsaturated/α-hetero) is 2. The molecular formula is C124H154N4O2S8. The van der Waals surface area contributed by atoms with Crippen molar-refractivity contribution in [3.63, 3.8) is 0 Å². The number of fused-ring (bicyclic) bond motifs is 4. The third-order valence-electron chi connectivity index (χ3n) is 29.2. The van der Waals surface area contributed by atoms with Crippen molar-refractivity contribution in [2.75, 3.05) is 0 Å². The van der Waals surface area contributed by atoms with Crippen LogP contribution in [0.5, 0.6) is 0 Å². The topological polar surface area (TPSA) is 129 Å². The van der Waals surface area contributed by atoms with Gasteiger partial charge in [-0.3, -0.25) is 9.59 Å². The van der Waals surface area contributed by atoms with Gasteiger partial charge in [-0.05, 0) is 182 Å². The van der Waals surface area contributed by atoms with Crippen molar-refractivity contribution < 1.29 is 9.59 Å². The Kier molecular flexibility index (Phi) is 44.6. The van der Waals surface area contributed by atoms with Crippen LogP contribution in [-0.4, -0.2) is 11.6 Å². The Bertz CT molecular complexity index is 5940. The molecule has 730 valence electrons. The number of ketones is 2. The second kappa shape index (κ2) is 57.4. The van der Waals surface area contributed by atoms with E-state index in [9.17, 15) is 30.6 Å². The zero-order valence-electron chi connectivity index (χ0n) is 84.8. The van der Waals surface area contributed by atoms with Gasteiger partial charge in [-0.25, -0.2) is 0 Å². The summed E-state index contributed by atoms with van der Waals surface area (Å²) in [7, 11) is 0. The molecule has 2 unspecified atom stereocenters. The van der Waals surface area contributed by atoms with E-state index in [0.717, 1.165) is 86.8 Å². The van der Waals surface area contributed by atoms with Gasteiger partial charge in [0.2, 0.25) is 0 Å². The lowest BCUT2D eigenvalue weighted by Gasteiger charge is -2.13. The lowest BCUT2D eigenvalue weighted by atomic mass is 9.95. The van der Waals surface area contributed by atoms with Crippen LogP contribution in [0.2, 0.25) is 0 Å². The molecule has 0 fully saturated rings. The van der Waals surface area contributed by atoms with E-state index in [0.29, 0.717) is 56.4 Å². The maximum atomic E-state index is 14.9. The van der Waals surface area contributed by atoms with Crippen molar-refractivity contribution >= 4 is 146 Å². The molecule has 0 saturated heterocycles. The fourth-order valence-electron chi connectivity index (χ4n) is 21.0. The van der Waals surface area contributed by atoms with Gasteiger partial charge in [-0.1, -0.05) is 386 Å². The molecular weight excluding hydrogens is 1830 g/mol. The molecule has 0 radical (unpaired) electrons. The number of carbonyl (C=O) groups excluding carboxylic acids is 2. The van der Waals surface area contributed by atoms with E-state index in [1.54, 1.807) is 22.7 Å². The summed E-state index contributed by atoms with van der Waals surface area (Å²) in [4.78, 5) is 47.7. The first-order chi connectivity index (χ1) is 67.8. The van der Waals surface area contributed by atoms with Gasteiger partial charge >= 0.3 is 0 Å². The fourth-order valence-corrected chi connectivity index (χ4v) is 31.2. The highest BCUT2D eigenvalue weighted by Gasteiger charge is 2.36. The van der Waals surface area contributed by atoms with E-state index >= 15 is 0 Å². The van der Waals surface area contributed by atoms with Crippen LogP contribution >= 0.6 is 90.7 Å². The smallest absolute Gasteiger partial charge is 0.194 e. The van der Waals surface area contributed by atoms with Crippen LogP contribution < -0.4 is 0 Å². The van der Waals surface area contributed by atoms with Crippen molar-refractivity contribution in [3.05, 3.63) is 196 Å². The van der Waals surface area contributed by atoms with Crippen molar-refractivity contribution in [2.45, 2.75) is 402 Å². The number of nitriles is 4. The predicted molar refractivity (Wildman–Crippen MR) is 607 cm³/mol. The maximum Gasteiger partial charge on any atom is 0.194 e. The van der Waals surface area contributed by atoms with Crippen LogP contribution in [0.25, 0.3) is 103 Å². The molecule has 8 heterocycles. The third-order valence-corrected chi connectivity index (χ3v) is 39.1. The highest BCUT2D eigenvalue weighted by Crippen LogP contribution is 2.58. The molecule has 2 atom stereocenters. The minimum Gasteiger partial charge on any atom is -0.289 e. The number of thiophene rings is 8. The van der Waals surface area contributed by atoms with E-state index in [4.69, 9.17) is 0 Å². The summed E-state index contributed by atoms with van der Waals surface area (Å²) in [6, 6.07) is 49.1. The lowest BCUT2D eigenvalue weighted by molar-refractivity contribution is 0.103. The summed E-state index contributed by atoms with van der Waals surface area (Å²) in [5, 5.41) is 45.0. The Morgan fingerprint density at radius 1 is 0.297 bits per heavy atom. The van der Waals surface area contributed by atoms with Crippen LogP contribution in [0.1, 0.15) is 437 Å². The maximum absolute atomic E-state index is 14.9. The summed E-state index contributed by atoms with van der Waals surface area (Å²) in [6.45, 7) is 18.7. The van der Waals surface area contributed by atoms with Gasteiger partial charge in [0.15, 0.2) is 11.6 Å². The minimum atomic E-state index is -0.138. The van der Waals surface area contributed by atoms with E-state index in [-0.39, 0.29) is 22.7 Å². The molecule has 0 bridgehead atoms. The standard InChI is InChI=1S/C124H154N4O2S8/c1-9-17-23-27-31-35-39-43-47-51-61-89-76-109(134-108(89)80-103-115(94(85-127)86-128)99-66-56-58-68-101(99)119(103)130)110-77-91(63-53-49-45-41-37-33-29-25-19-11-3)121(135-110)112-81-104-116(106-71-69-95(131-106)73-87(15-7)59-21-13-5)124-105(117(123(104)137-112)107-72-70-96(132-107)74-88(16-8)60-22-14-6)82-113(138-124)122-92(64-54-50-46-42-38-34-30-26-20-12-4)78-111(136-122)120-90(62-52-48-44-40-36-32-28-24-18-10-2)75-97(133-120)79-102-114(93(83-125)84-126)98-65-55-57-67-100(98)118(102)129/h55-58,65-72,75-82,87-88H,9-54,59-64,73-74H2,1-8H3/b102-79-,103-80-. The van der Waals surface area contributed by atoms with Crippen LogP contribution in [0.3, 0.4) is 0 Å². The van der Waals surface area contributed by atoms with Gasteiger partial charge in [0.05, 0.1) is 0 Å². The summed E-state index contributed by atoms with van der Waals surface area (Å²) >= 11 is 15.7. The second-order valence-electron chi connectivity index (χ2n) is 39.7. The van der Waals surface area contributed by atoms with Crippen LogP contribution in [-0.2, 0) is 38.5 Å². The highest BCUT2D eigenvalue weighted by atomic mass is 32.1. The largest absolute Gasteiger partial charge is 0.289 e. The monoisotopic (exact) mass is 1990 g/mol. The van der Waals surface area contributed by atoms with Gasteiger partial charge in [0.25, 0.3) is 0 Å². The number of nitrogens with zero attached hydrogens (tertiary/aromatic N) is 4. The Balaban J connectivity index is 0.994. The van der Waals surface area contributed by atoms with Crippen LogP contribution in [0.15, 0.2) is 131 Å². The number of hydrogen-bond acceptors (Lipinski definition) is 14. The number of aryl methyl sites for hydroxylation is 4. The Morgan fingerprint density at radius 3 is 0.986 bits per heavy atom. The Hall–Kier alpha value is -7.96. The molecule has 8 aromatic heterocycles. The number of allylic oxidation sites excluding steroid dienone is 6. The minimum absolute atomic E-state index is 0.0268. The molecule has 14 heteroatoms. The van der Waals surface area contributed by atoms with Crippen molar-refractivity contribution in [1.29, 1.82) is 21.0 Å². The highest BCUT2D eigenvalue weighted by molar-refractivity contribution is 7.31. The zero-order valence-corrected chi connectivity index (χ0v) is 91.3. The average molecular weight is 1990 g/mol. The third kappa shape index (κ3) is 28.8. The Morgan fingerprint density at radius 2 is 0.609 bits per heavy atom. The van der Waals surface area contributed by atoms with E-state index in [1.807, 2.05) is 123 Å². The van der Waals surface area contributed by atoms with Crippen molar-refractivity contribution in [3.8, 4) is 84.2 Å². The summed E-state index contributed by atoms with van der Waals surface area (Å²) in [6.07, 6.45) is 70.3. The van der Waals surface area contributed by atoms with E-state index < -0.39 is 0 Å². The quantitative estimate of drug-likeness (QED) is 0.0212. The molecule has 0 saturated carbocycles. The molecule has 138 heavy (non-hydrogen) atoms. The van der Waals surface area contributed by atoms with Crippen LogP contribution in [0, 0.1) is 57.2 Å². The molecule has 3 aromatic carbocycles. The molecule has 2 aliphatic rings. The zero-order chi connectivity index (χ0) is 96.8. The predicted octanol–water partition coefficient (Wildman–Crippen LogP) is 42.0. The van der Waals surface area contributed by atoms with Crippen molar-refractivity contribution in [1.82, 2.24) is 0 Å². The first kappa shape index (κ1) is 107. The summed E-state index contributed by atoms with van der Waals surface area (Å²) < 4.78 is 2.73. The first-order valence-corrected chi connectivity index (χ1v) is 60.9. The molecule has 13 rings (SSSR count). The van der Waals surface area contributed by atoms with E-state index in [1.165, 1.54) is 382 Å². The molecule has 6 nitrogen and oxygen atoms in total. The number of hydrogen-bond donors (Lipinski definition) is 0. The van der Waals surface area contributed by atoms with Gasteiger partial charge in [-0.15, -0.1) is 90.7 Å². The molecule has 0 N–H and O–H groups in total. The second-order valence-corrected chi connectivity index (χ2v) is 48.4.